The lowest BCUT2D eigenvalue weighted by atomic mass is 10.1. The topological polar surface area (TPSA) is 109 Å². The fourth-order valence-corrected chi connectivity index (χ4v) is 2.69. The van der Waals surface area contributed by atoms with Crippen molar-refractivity contribution in [1.29, 1.82) is 5.41 Å². The number of hydrogen-bond donors (Lipinski definition) is 3. The van der Waals surface area contributed by atoms with E-state index >= 15 is 0 Å². The van der Waals surface area contributed by atoms with Gasteiger partial charge in [-0.3, -0.25) is 15.1 Å². The predicted octanol–water partition coefficient (Wildman–Crippen LogP) is 1.47. The van der Waals surface area contributed by atoms with Crippen molar-refractivity contribution in [3.8, 4) is 0 Å². The Morgan fingerprint density at radius 2 is 2.10 bits per heavy atom. The number of hydrogen-bond acceptors (Lipinski definition) is 4. The Morgan fingerprint density at radius 1 is 1.35 bits per heavy atom. The van der Waals surface area contributed by atoms with E-state index in [1.54, 1.807) is 25.1 Å². The van der Waals surface area contributed by atoms with Crippen molar-refractivity contribution in [2.45, 2.75) is 11.8 Å². The Balaban J connectivity index is 2.39. The molecule has 0 bridgehead atoms. The van der Waals surface area contributed by atoms with Gasteiger partial charge in [0.25, 0.3) is 10.0 Å². The highest BCUT2D eigenvalue weighted by atomic mass is 32.2. The fourth-order valence-electron chi connectivity index (χ4n) is 1.61. The van der Waals surface area contributed by atoms with E-state index < -0.39 is 10.0 Å². The predicted molar refractivity (Wildman–Crippen MR) is 77.2 cm³/mol. The van der Waals surface area contributed by atoms with E-state index in [0.29, 0.717) is 11.3 Å². The highest BCUT2D eigenvalue weighted by molar-refractivity contribution is 7.92. The first-order valence-corrected chi connectivity index (χ1v) is 7.26. The zero-order chi connectivity index (χ0) is 14.8. The lowest BCUT2D eigenvalue weighted by Gasteiger charge is -2.11. The molecular weight excluding hydrogens is 276 g/mol. The lowest BCUT2D eigenvalue weighted by Crippen LogP contribution is -2.16. The zero-order valence-corrected chi connectivity index (χ0v) is 11.6. The number of nitrogen functional groups attached to an aromatic ring is 1. The van der Waals surface area contributed by atoms with Gasteiger partial charge in [-0.15, -0.1) is 0 Å². The van der Waals surface area contributed by atoms with Gasteiger partial charge in [0.1, 0.15) is 10.7 Å². The molecule has 0 unspecified atom stereocenters. The van der Waals surface area contributed by atoms with Crippen molar-refractivity contribution in [2.75, 3.05) is 4.72 Å². The van der Waals surface area contributed by atoms with Gasteiger partial charge in [-0.25, -0.2) is 8.42 Å². The fraction of sp³-hybridized carbons (Fsp3) is 0.0769. The van der Waals surface area contributed by atoms with Crippen LogP contribution in [0.5, 0.6) is 0 Å². The molecule has 4 N–H and O–H groups in total. The van der Waals surface area contributed by atoms with Crippen molar-refractivity contribution in [3.05, 3.63) is 53.9 Å². The first-order chi connectivity index (χ1) is 9.40. The van der Waals surface area contributed by atoms with Crippen molar-refractivity contribution in [1.82, 2.24) is 4.98 Å². The van der Waals surface area contributed by atoms with Gasteiger partial charge in [0, 0.05) is 18.0 Å². The molecule has 0 saturated carbocycles. The lowest BCUT2D eigenvalue weighted by molar-refractivity contribution is 0.601. The molecule has 2 aromatic rings. The highest BCUT2D eigenvalue weighted by Gasteiger charge is 2.15. The number of aryl methyl sites for hydroxylation is 1. The normalized spacial score (nSPS) is 11.1. The number of benzene rings is 1. The minimum atomic E-state index is -3.70. The van der Waals surface area contributed by atoms with Crippen LogP contribution in [0.25, 0.3) is 0 Å². The average molecular weight is 290 g/mol. The van der Waals surface area contributed by atoms with Gasteiger partial charge < -0.3 is 5.73 Å². The van der Waals surface area contributed by atoms with Gasteiger partial charge in [-0.05, 0) is 30.7 Å². The molecule has 0 aliphatic heterocycles. The summed E-state index contributed by atoms with van der Waals surface area (Å²) in [6.45, 7) is 1.77. The Hall–Kier alpha value is -2.41. The first-order valence-electron chi connectivity index (χ1n) is 5.78. The Bertz CT molecular complexity index is 742. The second-order valence-electron chi connectivity index (χ2n) is 4.24. The zero-order valence-electron chi connectivity index (χ0n) is 10.8. The maximum atomic E-state index is 12.2. The van der Waals surface area contributed by atoms with Gasteiger partial charge in [0.05, 0.1) is 5.69 Å². The molecule has 7 heteroatoms. The third kappa shape index (κ3) is 2.94. The Morgan fingerprint density at radius 3 is 2.70 bits per heavy atom. The number of nitrogens with two attached hydrogens (primary N) is 1. The van der Waals surface area contributed by atoms with Crippen molar-refractivity contribution in [2.24, 2.45) is 5.73 Å². The maximum absolute atomic E-state index is 12.2. The van der Waals surface area contributed by atoms with Crippen LogP contribution >= 0.6 is 0 Å². The summed E-state index contributed by atoms with van der Waals surface area (Å²) in [6, 6.07) is 7.91. The van der Waals surface area contributed by atoms with E-state index in [2.05, 4.69) is 9.71 Å². The number of amidine groups is 1. The monoisotopic (exact) mass is 290 g/mol. The van der Waals surface area contributed by atoms with Crippen molar-refractivity contribution >= 4 is 21.5 Å². The smallest absolute Gasteiger partial charge is 0.263 e. The summed E-state index contributed by atoms with van der Waals surface area (Å²) < 4.78 is 26.9. The molecule has 0 amide bonds. The number of nitrogens with zero attached hydrogens (tertiary/aromatic N) is 1. The minimum absolute atomic E-state index is 0.0765. The third-order valence-electron chi connectivity index (χ3n) is 2.74. The van der Waals surface area contributed by atoms with Crippen LogP contribution in [-0.4, -0.2) is 19.2 Å². The quantitative estimate of drug-likeness (QED) is 0.585. The number of anilines is 1. The molecule has 0 spiro atoms. The van der Waals surface area contributed by atoms with Crippen LogP contribution in [-0.2, 0) is 10.0 Å². The number of rotatable bonds is 4. The molecule has 0 aliphatic carbocycles. The van der Waals surface area contributed by atoms with Crippen LogP contribution in [0.3, 0.4) is 0 Å². The molecule has 20 heavy (non-hydrogen) atoms. The number of pyridine rings is 1. The van der Waals surface area contributed by atoms with Gasteiger partial charge in [0.2, 0.25) is 0 Å². The van der Waals surface area contributed by atoms with Gasteiger partial charge in [-0.1, -0.05) is 12.1 Å². The van der Waals surface area contributed by atoms with E-state index in [-0.39, 0.29) is 10.7 Å². The summed E-state index contributed by atoms with van der Waals surface area (Å²) in [6.07, 6.45) is 2.77. The molecule has 1 aromatic carbocycles. The van der Waals surface area contributed by atoms with Gasteiger partial charge in [-0.2, -0.15) is 0 Å². The van der Waals surface area contributed by atoms with Crippen LogP contribution in [0.4, 0.5) is 5.69 Å². The summed E-state index contributed by atoms with van der Waals surface area (Å²) in [5.74, 6) is -0.119. The van der Waals surface area contributed by atoms with E-state index in [4.69, 9.17) is 11.1 Å². The summed E-state index contributed by atoms with van der Waals surface area (Å²) in [5, 5.41) is 7.39. The molecule has 0 saturated heterocycles. The molecular formula is C13H14N4O2S. The van der Waals surface area contributed by atoms with Gasteiger partial charge >= 0.3 is 0 Å². The van der Waals surface area contributed by atoms with Crippen LogP contribution < -0.4 is 10.5 Å². The minimum Gasteiger partial charge on any atom is -0.384 e. The summed E-state index contributed by atoms with van der Waals surface area (Å²) >= 11 is 0. The number of nitrogens with one attached hydrogen (secondary N) is 2. The molecule has 1 heterocycles. The molecule has 6 nitrogen and oxygen atoms in total. The van der Waals surface area contributed by atoms with Crippen LogP contribution in [0.2, 0.25) is 0 Å². The van der Waals surface area contributed by atoms with Gasteiger partial charge in [0.15, 0.2) is 0 Å². The first kappa shape index (κ1) is 14.0. The van der Waals surface area contributed by atoms with Crippen LogP contribution in [0.1, 0.15) is 11.1 Å². The average Bonchev–Trinajstić information content (AvgIpc) is 2.42. The number of aromatic nitrogens is 1. The molecule has 104 valence electrons. The maximum Gasteiger partial charge on any atom is 0.263 e. The van der Waals surface area contributed by atoms with E-state index in [1.165, 1.54) is 24.5 Å². The molecule has 0 atom stereocenters. The largest absolute Gasteiger partial charge is 0.384 e. The standard InChI is InChI=1S/C13H14N4O2S/c1-9-4-5-10(13(14)15)7-12(9)17-20(18,19)11-3-2-6-16-8-11/h2-8,17H,1H3,(H3,14,15). The van der Waals surface area contributed by atoms with Crippen LogP contribution in [0.15, 0.2) is 47.6 Å². The summed E-state index contributed by atoms with van der Waals surface area (Å²) in [4.78, 5) is 3.86. The Kier molecular flexibility index (Phi) is 3.71. The summed E-state index contributed by atoms with van der Waals surface area (Å²) in [5.41, 5.74) is 6.99. The van der Waals surface area contributed by atoms with E-state index in [1.807, 2.05) is 0 Å². The highest BCUT2D eigenvalue weighted by Crippen LogP contribution is 2.20. The summed E-state index contributed by atoms with van der Waals surface area (Å²) in [7, 11) is -3.70. The second kappa shape index (κ2) is 5.30. The van der Waals surface area contributed by atoms with E-state index in [0.717, 1.165) is 5.56 Å². The number of sulfonamides is 1. The molecule has 2 rings (SSSR count). The molecule has 0 radical (unpaired) electrons. The van der Waals surface area contributed by atoms with Crippen LogP contribution in [0, 0.1) is 12.3 Å². The molecule has 0 fully saturated rings. The van der Waals surface area contributed by atoms with Crippen molar-refractivity contribution in [3.63, 3.8) is 0 Å². The Labute approximate surface area is 117 Å². The second-order valence-corrected chi connectivity index (χ2v) is 5.92. The van der Waals surface area contributed by atoms with Crippen molar-refractivity contribution < 1.29 is 8.42 Å². The van der Waals surface area contributed by atoms with E-state index in [9.17, 15) is 8.42 Å². The molecule has 1 aromatic heterocycles. The SMILES string of the molecule is Cc1ccc(C(=N)N)cc1NS(=O)(=O)c1cccnc1. The third-order valence-corrected chi connectivity index (χ3v) is 4.09. The molecule has 0 aliphatic rings.